The molecule has 0 N–H and O–H groups in total. The zero-order valence-corrected chi connectivity index (χ0v) is 30.0. The topological polar surface area (TPSA) is 29.0 Å². The fraction of sp³-hybridized carbons (Fsp3) is 0. The molecule has 0 saturated heterocycles. The second kappa shape index (κ2) is 12.2. The van der Waals surface area contributed by atoms with Crippen LogP contribution in [0.5, 0.6) is 0 Å². The summed E-state index contributed by atoms with van der Waals surface area (Å²) in [5.74, 6) is 0.741. The van der Waals surface area contributed by atoms with Crippen LogP contribution < -0.4 is 4.90 Å². The number of fused-ring (bicyclic) bond motifs is 6. The van der Waals surface area contributed by atoms with Gasteiger partial charge in [0.25, 0.3) is 0 Å². The van der Waals surface area contributed by atoms with Gasteiger partial charge in [-0.3, -0.25) is 0 Å². The minimum atomic E-state index is 0.741. The summed E-state index contributed by atoms with van der Waals surface area (Å²) in [5, 5.41) is 6.02. The maximum Gasteiger partial charge on any atom is 0.161 e. The van der Waals surface area contributed by atoms with Crippen LogP contribution in [0.25, 0.3) is 75.6 Å². The van der Waals surface area contributed by atoms with Crippen molar-refractivity contribution < 1.29 is 0 Å². The average Bonchev–Trinajstić information content (AvgIpc) is 3.59. The zero-order chi connectivity index (χ0) is 34.9. The summed E-state index contributed by atoms with van der Waals surface area (Å²) in [6.07, 6.45) is 0. The number of nitrogens with zero attached hydrogens (tertiary/aromatic N) is 3. The Kier molecular flexibility index (Phi) is 6.97. The van der Waals surface area contributed by atoms with Crippen molar-refractivity contribution in [2.45, 2.75) is 9.79 Å². The number of anilines is 3. The van der Waals surface area contributed by atoms with E-state index in [4.69, 9.17) is 9.97 Å². The van der Waals surface area contributed by atoms with Gasteiger partial charge in [0, 0.05) is 68.9 Å². The van der Waals surface area contributed by atoms with Gasteiger partial charge in [0.15, 0.2) is 5.82 Å². The van der Waals surface area contributed by atoms with Crippen molar-refractivity contribution in [1.29, 1.82) is 0 Å². The molecule has 1 aliphatic heterocycles. The van der Waals surface area contributed by atoms with Crippen molar-refractivity contribution in [2.75, 3.05) is 4.90 Å². The predicted molar refractivity (Wildman–Crippen MR) is 225 cm³/mol. The van der Waals surface area contributed by atoms with Gasteiger partial charge in [-0.2, -0.15) is 0 Å². The van der Waals surface area contributed by atoms with Gasteiger partial charge in [0.2, 0.25) is 0 Å². The van der Waals surface area contributed by atoms with Gasteiger partial charge in [-0.05, 0) is 89.3 Å². The van der Waals surface area contributed by atoms with E-state index in [1.807, 2.05) is 23.1 Å². The Balaban J connectivity index is 1.06. The molecule has 1 aliphatic rings. The lowest BCUT2D eigenvalue weighted by Gasteiger charge is -2.28. The molecule has 0 spiro atoms. The molecule has 0 radical (unpaired) electrons. The Hall–Kier alpha value is -6.27. The van der Waals surface area contributed by atoms with E-state index in [1.165, 1.54) is 46.5 Å². The highest BCUT2D eigenvalue weighted by Gasteiger charge is 2.24. The van der Waals surface area contributed by atoms with Gasteiger partial charge in [0.1, 0.15) is 0 Å². The van der Waals surface area contributed by atoms with Gasteiger partial charge in [-0.25, -0.2) is 9.97 Å². The number of para-hydroxylation sites is 3. The number of thiophene rings is 1. The molecule has 248 valence electrons. The summed E-state index contributed by atoms with van der Waals surface area (Å²) in [5.41, 5.74) is 9.91. The first-order chi connectivity index (χ1) is 26.3. The van der Waals surface area contributed by atoms with Crippen LogP contribution in [0.4, 0.5) is 17.1 Å². The van der Waals surface area contributed by atoms with Crippen molar-refractivity contribution in [3.05, 3.63) is 176 Å². The van der Waals surface area contributed by atoms with E-state index >= 15 is 0 Å². The van der Waals surface area contributed by atoms with Crippen LogP contribution in [-0.4, -0.2) is 9.97 Å². The number of aromatic nitrogens is 2. The number of rotatable bonds is 5. The lowest BCUT2D eigenvalue weighted by Crippen LogP contribution is -2.10. The predicted octanol–water partition coefficient (Wildman–Crippen LogP) is 14.1. The third-order valence-electron chi connectivity index (χ3n) is 10.3. The Morgan fingerprint density at radius 1 is 0.415 bits per heavy atom. The molecule has 0 aliphatic carbocycles. The fourth-order valence-corrected chi connectivity index (χ4v) is 10.1. The maximum absolute atomic E-state index is 5.38. The summed E-state index contributed by atoms with van der Waals surface area (Å²) in [6.45, 7) is 0. The Morgan fingerprint density at radius 3 is 1.94 bits per heavy atom. The largest absolute Gasteiger partial charge is 0.310 e. The Labute approximate surface area is 314 Å². The van der Waals surface area contributed by atoms with Crippen LogP contribution in [0.1, 0.15) is 0 Å². The monoisotopic (exact) mass is 711 g/mol. The van der Waals surface area contributed by atoms with E-state index in [9.17, 15) is 0 Å². The molecule has 53 heavy (non-hydrogen) atoms. The quantitative estimate of drug-likeness (QED) is 0.178. The van der Waals surface area contributed by atoms with Crippen LogP contribution in [0.2, 0.25) is 0 Å². The van der Waals surface area contributed by atoms with Gasteiger partial charge in [0.05, 0.1) is 11.2 Å². The molecule has 10 aromatic rings. The minimum absolute atomic E-state index is 0.741. The molecular weight excluding hydrogens is 683 g/mol. The number of benzene rings is 8. The lowest BCUT2D eigenvalue weighted by atomic mass is 9.94. The Bertz CT molecular complexity index is 3000. The van der Waals surface area contributed by atoms with Gasteiger partial charge >= 0.3 is 0 Å². The van der Waals surface area contributed by atoms with E-state index < -0.39 is 0 Å². The van der Waals surface area contributed by atoms with Crippen molar-refractivity contribution in [3.8, 4) is 33.8 Å². The summed E-state index contributed by atoms with van der Waals surface area (Å²) in [7, 11) is 0. The third-order valence-corrected chi connectivity index (χ3v) is 12.5. The molecular formula is C48H29N3S2. The van der Waals surface area contributed by atoms with Crippen molar-refractivity contribution in [1.82, 2.24) is 9.97 Å². The lowest BCUT2D eigenvalue weighted by molar-refractivity contribution is 1.23. The summed E-state index contributed by atoms with van der Waals surface area (Å²) >= 11 is 3.68. The zero-order valence-electron chi connectivity index (χ0n) is 28.4. The summed E-state index contributed by atoms with van der Waals surface area (Å²) < 4.78 is 2.59. The van der Waals surface area contributed by atoms with Crippen LogP contribution in [0, 0.1) is 0 Å². The van der Waals surface area contributed by atoms with Gasteiger partial charge < -0.3 is 4.90 Å². The molecule has 8 aromatic carbocycles. The highest BCUT2D eigenvalue weighted by Crippen LogP contribution is 2.51. The first-order valence-corrected chi connectivity index (χ1v) is 19.4. The standard InChI is InChI=1S/C48H29N3S2/c1-3-12-31(13-4-1)51(32-14-5-2-6-15-32)33-23-24-35-36-18-11-19-37-38(25-27-44(46(36)37)53-45(35)29-33)48-49-41-20-9-7-17-39(41)47(50-48)30-22-26-43-40(28-30)34-16-8-10-21-42(34)52-43/h1-29H. The van der Waals surface area contributed by atoms with E-state index in [2.05, 4.69) is 181 Å². The Morgan fingerprint density at radius 2 is 1.11 bits per heavy atom. The van der Waals surface area contributed by atoms with Crippen LogP contribution >= 0.6 is 23.1 Å². The SMILES string of the molecule is c1ccc(N(c2ccccc2)c2ccc3c(c2)Sc2ccc(-c4nc(-c5ccc6sc7ccccc7c6c5)c5ccccc5n4)c4cccc-3c24)cc1. The smallest absolute Gasteiger partial charge is 0.161 e. The fourth-order valence-electron chi connectivity index (χ4n) is 7.85. The molecule has 3 heterocycles. The maximum atomic E-state index is 5.38. The average molecular weight is 712 g/mol. The minimum Gasteiger partial charge on any atom is -0.310 e. The van der Waals surface area contributed by atoms with Crippen molar-refractivity contribution in [2.24, 2.45) is 0 Å². The van der Waals surface area contributed by atoms with E-state index in [1.54, 1.807) is 0 Å². The normalized spacial score (nSPS) is 12.1. The third kappa shape index (κ3) is 4.96. The first-order valence-electron chi connectivity index (χ1n) is 17.7. The number of hydrogen-bond acceptors (Lipinski definition) is 5. The summed E-state index contributed by atoms with van der Waals surface area (Å²) in [4.78, 5) is 15.4. The van der Waals surface area contributed by atoms with Gasteiger partial charge in [-0.1, -0.05) is 115 Å². The molecule has 0 fully saturated rings. The van der Waals surface area contributed by atoms with Gasteiger partial charge in [-0.15, -0.1) is 11.3 Å². The molecule has 11 rings (SSSR count). The van der Waals surface area contributed by atoms with E-state index in [0.29, 0.717) is 0 Å². The van der Waals surface area contributed by atoms with Crippen LogP contribution in [0.3, 0.4) is 0 Å². The highest BCUT2D eigenvalue weighted by atomic mass is 32.2. The van der Waals surface area contributed by atoms with E-state index in [-0.39, 0.29) is 0 Å². The molecule has 2 aromatic heterocycles. The van der Waals surface area contributed by atoms with E-state index in [0.717, 1.165) is 56.0 Å². The molecule has 0 atom stereocenters. The summed E-state index contributed by atoms with van der Waals surface area (Å²) in [6, 6.07) is 63.0. The van der Waals surface area contributed by atoms with Crippen molar-refractivity contribution >= 4 is 82.0 Å². The second-order valence-corrected chi connectivity index (χ2v) is 15.5. The van der Waals surface area contributed by atoms with Crippen LogP contribution in [-0.2, 0) is 0 Å². The molecule has 0 unspecified atom stereocenters. The first kappa shape index (κ1) is 30.4. The molecule has 5 heteroatoms. The van der Waals surface area contributed by atoms with Crippen LogP contribution in [0.15, 0.2) is 186 Å². The molecule has 3 nitrogen and oxygen atoms in total. The molecule has 0 saturated carbocycles. The highest BCUT2D eigenvalue weighted by molar-refractivity contribution is 7.99. The molecule has 0 bridgehead atoms. The van der Waals surface area contributed by atoms with Crippen molar-refractivity contribution in [3.63, 3.8) is 0 Å². The number of hydrogen-bond donors (Lipinski definition) is 0. The second-order valence-electron chi connectivity index (χ2n) is 13.4. The molecule has 0 amide bonds.